The van der Waals surface area contributed by atoms with E-state index in [9.17, 15) is 0 Å². The lowest BCUT2D eigenvalue weighted by molar-refractivity contribution is 0.281. The van der Waals surface area contributed by atoms with Crippen molar-refractivity contribution in [2.45, 2.75) is 6.61 Å². The fraction of sp³-hybridized carbons (Fsp3) is 0.0714. The Kier molecular flexibility index (Phi) is 4.19. The summed E-state index contributed by atoms with van der Waals surface area (Å²) in [5, 5.41) is 16.4. The highest BCUT2D eigenvalue weighted by molar-refractivity contribution is 9.10. The third-order valence-corrected chi connectivity index (χ3v) is 3.17. The Morgan fingerprint density at radius 2 is 2.05 bits per heavy atom. The molecule has 4 nitrogen and oxygen atoms in total. The van der Waals surface area contributed by atoms with Gasteiger partial charge in [0.05, 0.1) is 11.1 Å². The molecule has 0 aliphatic carbocycles. The van der Waals surface area contributed by atoms with Crippen LogP contribution >= 0.6 is 15.9 Å². The minimum Gasteiger partial charge on any atom is -0.456 e. The molecule has 0 radical (unpaired) electrons. The SMILES string of the molecule is N=C(N)c1ccc(Oc2cccc(CO)c2)c(Br)c1. The lowest BCUT2D eigenvalue weighted by Crippen LogP contribution is -2.10. The average Bonchev–Trinajstić information content (AvgIpc) is 2.41. The molecule has 0 heterocycles. The van der Waals surface area contributed by atoms with Gasteiger partial charge in [0.2, 0.25) is 0 Å². The molecule has 2 rings (SSSR count). The molecular weight excluding hydrogens is 308 g/mol. The smallest absolute Gasteiger partial charge is 0.141 e. The molecule has 0 spiro atoms. The van der Waals surface area contributed by atoms with Crippen LogP contribution in [0, 0.1) is 5.41 Å². The van der Waals surface area contributed by atoms with E-state index in [-0.39, 0.29) is 12.4 Å². The summed E-state index contributed by atoms with van der Waals surface area (Å²) in [6.45, 7) is -0.0261. The van der Waals surface area contributed by atoms with E-state index in [4.69, 9.17) is 21.0 Å². The molecule has 4 N–H and O–H groups in total. The Balaban J connectivity index is 2.25. The molecule has 0 saturated heterocycles. The topological polar surface area (TPSA) is 79.3 Å². The first-order valence-corrected chi connectivity index (χ1v) is 6.41. The van der Waals surface area contributed by atoms with Gasteiger partial charge in [0.15, 0.2) is 0 Å². The van der Waals surface area contributed by atoms with Gasteiger partial charge in [-0.05, 0) is 51.8 Å². The van der Waals surface area contributed by atoms with Crippen LogP contribution in [-0.4, -0.2) is 10.9 Å². The zero-order chi connectivity index (χ0) is 13.8. The highest BCUT2D eigenvalue weighted by Crippen LogP contribution is 2.30. The van der Waals surface area contributed by atoms with Crippen LogP contribution in [0.4, 0.5) is 0 Å². The summed E-state index contributed by atoms with van der Waals surface area (Å²) < 4.78 is 6.43. The molecule has 0 aromatic heterocycles. The predicted octanol–water partition coefficient (Wildman–Crippen LogP) is 3.02. The van der Waals surface area contributed by atoms with Crippen LogP contribution in [0.15, 0.2) is 46.9 Å². The minimum absolute atomic E-state index is 0.00882. The molecule has 0 fully saturated rings. The lowest BCUT2D eigenvalue weighted by atomic mass is 10.2. The largest absolute Gasteiger partial charge is 0.456 e. The summed E-state index contributed by atoms with van der Waals surface area (Å²) in [7, 11) is 0. The van der Waals surface area contributed by atoms with Crippen molar-refractivity contribution >= 4 is 21.8 Å². The highest BCUT2D eigenvalue weighted by atomic mass is 79.9. The molecule has 0 atom stereocenters. The number of hydrogen-bond donors (Lipinski definition) is 3. The Hall–Kier alpha value is -1.85. The van der Waals surface area contributed by atoms with Gasteiger partial charge in [0.25, 0.3) is 0 Å². The average molecular weight is 321 g/mol. The zero-order valence-corrected chi connectivity index (χ0v) is 11.6. The molecule has 5 heteroatoms. The molecule has 0 aliphatic heterocycles. The van der Waals surface area contributed by atoms with Crippen LogP contribution in [0.2, 0.25) is 0 Å². The fourth-order valence-corrected chi connectivity index (χ4v) is 2.05. The normalized spacial score (nSPS) is 10.2. The van der Waals surface area contributed by atoms with Crippen LogP contribution in [0.25, 0.3) is 0 Å². The van der Waals surface area contributed by atoms with E-state index in [2.05, 4.69) is 15.9 Å². The van der Waals surface area contributed by atoms with Crippen molar-refractivity contribution in [3.8, 4) is 11.5 Å². The Labute approximate surface area is 119 Å². The van der Waals surface area contributed by atoms with E-state index < -0.39 is 0 Å². The summed E-state index contributed by atoms with van der Waals surface area (Å²) in [4.78, 5) is 0. The van der Waals surface area contributed by atoms with E-state index in [0.29, 0.717) is 17.1 Å². The summed E-state index contributed by atoms with van der Waals surface area (Å²) >= 11 is 3.38. The lowest BCUT2D eigenvalue weighted by Gasteiger charge is -2.09. The van der Waals surface area contributed by atoms with Gasteiger partial charge in [0.1, 0.15) is 17.3 Å². The molecule has 2 aromatic rings. The molecular formula is C14H13BrN2O2. The number of aliphatic hydroxyl groups excluding tert-OH is 1. The van der Waals surface area contributed by atoms with Gasteiger partial charge in [-0.2, -0.15) is 0 Å². The van der Waals surface area contributed by atoms with E-state index in [1.807, 2.05) is 18.2 Å². The number of nitrogen functional groups attached to an aromatic ring is 1. The van der Waals surface area contributed by atoms with Gasteiger partial charge in [-0.25, -0.2) is 0 Å². The van der Waals surface area contributed by atoms with E-state index >= 15 is 0 Å². The Morgan fingerprint density at radius 3 is 2.68 bits per heavy atom. The van der Waals surface area contributed by atoms with Gasteiger partial charge in [-0.3, -0.25) is 5.41 Å². The number of nitrogens with two attached hydrogens (primary N) is 1. The second-order valence-electron chi connectivity index (χ2n) is 3.97. The first-order chi connectivity index (χ1) is 9.10. The Morgan fingerprint density at radius 1 is 1.26 bits per heavy atom. The summed E-state index contributed by atoms with van der Waals surface area (Å²) in [6, 6.07) is 12.4. The van der Waals surface area contributed by atoms with Crippen LogP contribution in [0.3, 0.4) is 0 Å². The van der Waals surface area contributed by atoms with Gasteiger partial charge < -0.3 is 15.6 Å². The standard InChI is InChI=1S/C14H13BrN2O2/c15-12-7-10(14(16)17)4-5-13(12)19-11-3-1-2-9(6-11)8-18/h1-7,18H,8H2,(H3,16,17). The minimum atomic E-state index is -0.0261. The predicted molar refractivity (Wildman–Crippen MR) is 77.6 cm³/mol. The number of halogens is 1. The number of rotatable bonds is 4. The van der Waals surface area contributed by atoms with Crippen molar-refractivity contribution in [2.75, 3.05) is 0 Å². The molecule has 0 amide bonds. The van der Waals surface area contributed by atoms with Crippen molar-refractivity contribution in [3.63, 3.8) is 0 Å². The highest BCUT2D eigenvalue weighted by Gasteiger charge is 2.06. The maximum Gasteiger partial charge on any atom is 0.141 e. The van der Waals surface area contributed by atoms with Gasteiger partial charge in [-0.15, -0.1) is 0 Å². The van der Waals surface area contributed by atoms with Crippen LogP contribution in [0.1, 0.15) is 11.1 Å². The zero-order valence-electron chi connectivity index (χ0n) is 10.1. The molecule has 0 aliphatic rings. The van der Waals surface area contributed by atoms with Crippen molar-refractivity contribution in [2.24, 2.45) is 5.73 Å². The van der Waals surface area contributed by atoms with Gasteiger partial charge in [-0.1, -0.05) is 12.1 Å². The number of aliphatic hydroxyl groups is 1. The first-order valence-electron chi connectivity index (χ1n) is 5.62. The maximum absolute atomic E-state index is 9.08. The second-order valence-corrected chi connectivity index (χ2v) is 4.82. The quantitative estimate of drug-likeness (QED) is 0.598. The first kappa shape index (κ1) is 13.6. The Bertz CT molecular complexity index is 614. The monoisotopic (exact) mass is 320 g/mol. The number of hydrogen-bond acceptors (Lipinski definition) is 3. The molecule has 98 valence electrons. The van der Waals surface area contributed by atoms with E-state index in [1.54, 1.807) is 24.3 Å². The molecule has 2 aromatic carbocycles. The van der Waals surface area contributed by atoms with Crippen LogP contribution < -0.4 is 10.5 Å². The van der Waals surface area contributed by atoms with Gasteiger partial charge in [0, 0.05) is 5.56 Å². The number of benzene rings is 2. The molecule has 19 heavy (non-hydrogen) atoms. The van der Waals surface area contributed by atoms with Crippen molar-refractivity contribution in [1.82, 2.24) is 0 Å². The summed E-state index contributed by atoms with van der Waals surface area (Å²) in [6.07, 6.45) is 0. The van der Waals surface area contributed by atoms with Crippen LogP contribution in [0.5, 0.6) is 11.5 Å². The van der Waals surface area contributed by atoms with Crippen LogP contribution in [-0.2, 0) is 6.61 Å². The van der Waals surface area contributed by atoms with Crippen molar-refractivity contribution < 1.29 is 9.84 Å². The third kappa shape index (κ3) is 3.33. The van der Waals surface area contributed by atoms with E-state index in [1.165, 1.54) is 0 Å². The molecule has 0 unspecified atom stereocenters. The second kappa shape index (κ2) is 5.86. The van der Waals surface area contributed by atoms with Gasteiger partial charge >= 0.3 is 0 Å². The van der Waals surface area contributed by atoms with Crippen molar-refractivity contribution in [1.29, 1.82) is 5.41 Å². The molecule has 0 saturated carbocycles. The van der Waals surface area contributed by atoms with Crippen molar-refractivity contribution in [3.05, 3.63) is 58.1 Å². The number of nitrogens with one attached hydrogen (secondary N) is 1. The third-order valence-electron chi connectivity index (χ3n) is 2.55. The number of amidine groups is 1. The number of ether oxygens (including phenoxy) is 1. The fourth-order valence-electron chi connectivity index (χ4n) is 1.59. The maximum atomic E-state index is 9.08. The summed E-state index contributed by atoms with van der Waals surface area (Å²) in [5.41, 5.74) is 6.83. The van der Waals surface area contributed by atoms with E-state index in [0.717, 1.165) is 10.0 Å². The molecule has 0 bridgehead atoms. The summed E-state index contributed by atoms with van der Waals surface area (Å²) in [5.74, 6) is 1.28.